The molecule has 0 amide bonds. The molecule has 0 radical (unpaired) electrons. The number of halogens is 1. The molecule has 31 heavy (non-hydrogen) atoms. The molecule has 0 saturated carbocycles. The average molecular weight is 433 g/mol. The standard InChI is InChI=1S/C27H25ClO3/c1-17-5-7-18(8-6-17)16-30-26-24(29)22-15-21(28)13-14-23(22)31-25(26)19-9-11-20(12-10-19)27(2,3)4/h5-15H,16H2,1-4H3. The number of ether oxygens (including phenoxy) is 1. The summed E-state index contributed by atoms with van der Waals surface area (Å²) in [4.78, 5) is 13.3. The van der Waals surface area contributed by atoms with Gasteiger partial charge < -0.3 is 9.15 Å². The lowest BCUT2D eigenvalue weighted by atomic mass is 9.86. The second-order valence-corrected chi connectivity index (χ2v) is 9.27. The maximum atomic E-state index is 13.3. The van der Waals surface area contributed by atoms with Gasteiger partial charge in [0.15, 0.2) is 5.76 Å². The van der Waals surface area contributed by atoms with Gasteiger partial charge in [0, 0.05) is 10.6 Å². The number of hydrogen-bond donors (Lipinski definition) is 0. The highest BCUT2D eigenvalue weighted by molar-refractivity contribution is 6.31. The van der Waals surface area contributed by atoms with Crippen LogP contribution >= 0.6 is 11.6 Å². The van der Waals surface area contributed by atoms with Crippen LogP contribution in [0.15, 0.2) is 75.9 Å². The molecule has 3 nitrogen and oxygen atoms in total. The molecule has 4 aromatic rings. The van der Waals surface area contributed by atoms with Crippen molar-refractivity contribution in [1.29, 1.82) is 0 Å². The maximum Gasteiger partial charge on any atom is 0.235 e. The van der Waals surface area contributed by atoms with E-state index in [0.29, 0.717) is 21.8 Å². The van der Waals surface area contributed by atoms with E-state index in [4.69, 9.17) is 20.8 Å². The van der Waals surface area contributed by atoms with Gasteiger partial charge >= 0.3 is 0 Å². The molecule has 158 valence electrons. The van der Waals surface area contributed by atoms with E-state index in [-0.39, 0.29) is 23.2 Å². The van der Waals surface area contributed by atoms with Crippen LogP contribution in [0.4, 0.5) is 0 Å². The second kappa shape index (κ2) is 8.24. The third-order valence-electron chi connectivity index (χ3n) is 5.33. The first-order valence-electron chi connectivity index (χ1n) is 10.3. The first kappa shape index (κ1) is 21.2. The lowest BCUT2D eigenvalue weighted by Crippen LogP contribution is -2.11. The van der Waals surface area contributed by atoms with E-state index in [9.17, 15) is 4.79 Å². The van der Waals surface area contributed by atoms with Gasteiger partial charge in [0.1, 0.15) is 12.2 Å². The van der Waals surface area contributed by atoms with Gasteiger partial charge in [0.05, 0.1) is 5.39 Å². The van der Waals surface area contributed by atoms with Crippen molar-refractivity contribution in [2.24, 2.45) is 0 Å². The molecule has 0 unspecified atom stereocenters. The fourth-order valence-electron chi connectivity index (χ4n) is 3.43. The Bertz CT molecular complexity index is 1280. The Labute approximate surface area is 187 Å². The zero-order valence-electron chi connectivity index (χ0n) is 18.2. The SMILES string of the molecule is Cc1ccc(COc2c(-c3ccc(C(C)(C)C)cc3)oc3ccc(Cl)cc3c2=O)cc1. The molecule has 4 rings (SSSR count). The zero-order valence-corrected chi connectivity index (χ0v) is 18.9. The van der Waals surface area contributed by atoms with E-state index in [0.717, 1.165) is 11.1 Å². The van der Waals surface area contributed by atoms with Crippen molar-refractivity contribution in [2.45, 2.75) is 39.7 Å². The van der Waals surface area contributed by atoms with Crippen molar-refractivity contribution in [3.05, 3.63) is 98.7 Å². The van der Waals surface area contributed by atoms with E-state index in [1.165, 1.54) is 11.1 Å². The summed E-state index contributed by atoms with van der Waals surface area (Å²) in [7, 11) is 0. The van der Waals surface area contributed by atoms with E-state index >= 15 is 0 Å². The minimum absolute atomic E-state index is 0.0320. The second-order valence-electron chi connectivity index (χ2n) is 8.83. The summed E-state index contributed by atoms with van der Waals surface area (Å²) < 4.78 is 12.2. The van der Waals surface area contributed by atoms with Crippen LogP contribution in [0, 0.1) is 6.92 Å². The predicted molar refractivity (Wildman–Crippen MR) is 127 cm³/mol. The molecule has 0 fully saturated rings. The third-order valence-corrected chi connectivity index (χ3v) is 5.56. The summed E-state index contributed by atoms with van der Waals surface area (Å²) in [5.41, 5.74) is 4.42. The number of aryl methyl sites for hydroxylation is 1. The van der Waals surface area contributed by atoms with E-state index in [1.54, 1.807) is 18.2 Å². The Balaban J connectivity index is 1.82. The third kappa shape index (κ3) is 4.52. The van der Waals surface area contributed by atoms with E-state index < -0.39 is 0 Å². The monoisotopic (exact) mass is 432 g/mol. The summed E-state index contributed by atoms with van der Waals surface area (Å²) in [6.07, 6.45) is 0. The Kier molecular flexibility index (Phi) is 5.63. The first-order chi connectivity index (χ1) is 14.7. The Hall–Kier alpha value is -3.04. The molecule has 0 bridgehead atoms. The molecular formula is C27H25ClO3. The summed E-state index contributed by atoms with van der Waals surface area (Å²) in [5.74, 6) is 0.617. The highest BCUT2D eigenvalue weighted by Crippen LogP contribution is 2.33. The quantitative estimate of drug-likeness (QED) is 0.339. The van der Waals surface area contributed by atoms with Crippen molar-refractivity contribution in [3.8, 4) is 17.1 Å². The zero-order chi connectivity index (χ0) is 22.2. The fourth-order valence-corrected chi connectivity index (χ4v) is 3.61. The van der Waals surface area contributed by atoms with Crippen LogP contribution in [0.5, 0.6) is 5.75 Å². The number of rotatable bonds is 4. The summed E-state index contributed by atoms with van der Waals surface area (Å²) >= 11 is 6.13. The van der Waals surface area contributed by atoms with Crippen LogP contribution in [0.2, 0.25) is 5.02 Å². The smallest absolute Gasteiger partial charge is 0.235 e. The van der Waals surface area contributed by atoms with E-state index in [1.807, 2.05) is 43.3 Å². The topological polar surface area (TPSA) is 39.4 Å². The Morgan fingerprint density at radius 2 is 1.61 bits per heavy atom. The summed E-state index contributed by atoms with van der Waals surface area (Å²) in [6, 6.07) is 21.1. The van der Waals surface area contributed by atoms with Gasteiger partial charge in [-0.05, 0) is 41.7 Å². The molecule has 0 N–H and O–H groups in total. The van der Waals surface area contributed by atoms with Gasteiger partial charge in [-0.3, -0.25) is 4.79 Å². The Morgan fingerprint density at radius 1 is 0.935 bits per heavy atom. The highest BCUT2D eigenvalue weighted by atomic mass is 35.5. The van der Waals surface area contributed by atoms with Crippen molar-refractivity contribution in [2.75, 3.05) is 0 Å². The summed E-state index contributed by atoms with van der Waals surface area (Å²) in [6.45, 7) is 8.80. The first-order valence-corrected chi connectivity index (χ1v) is 10.7. The van der Waals surface area contributed by atoms with Gasteiger partial charge in [0.25, 0.3) is 0 Å². The maximum absolute atomic E-state index is 13.3. The van der Waals surface area contributed by atoms with Crippen molar-refractivity contribution < 1.29 is 9.15 Å². The number of benzene rings is 3. The molecular weight excluding hydrogens is 408 g/mol. The normalized spacial score (nSPS) is 11.6. The van der Waals surface area contributed by atoms with Gasteiger partial charge in [-0.25, -0.2) is 0 Å². The van der Waals surface area contributed by atoms with Crippen molar-refractivity contribution >= 4 is 22.6 Å². The molecule has 0 aliphatic rings. The minimum atomic E-state index is -0.231. The fraction of sp³-hybridized carbons (Fsp3) is 0.222. The minimum Gasteiger partial charge on any atom is -0.481 e. The molecule has 0 spiro atoms. The van der Waals surface area contributed by atoms with Gasteiger partial charge in [-0.1, -0.05) is 86.5 Å². The predicted octanol–water partition coefficient (Wildman–Crippen LogP) is 7.30. The number of fused-ring (bicyclic) bond motifs is 1. The molecule has 1 aromatic heterocycles. The van der Waals surface area contributed by atoms with Crippen molar-refractivity contribution in [1.82, 2.24) is 0 Å². The number of hydrogen-bond acceptors (Lipinski definition) is 3. The molecule has 0 atom stereocenters. The van der Waals surface area contributed by atoms with Crippen LogP contribution in [0.3, 0.4) is 0 Å². The van der Waals surface area contributed by atoms with Gasteiger partial charge in [-0.2, -0.15) is 0 Å². The average Bonchev–Trinajstić information content (AvgIpc) is 2.74. The van der Waals surface area contributed by atoms with Crippen molar-refractivity contribution in [3.63, 3.8) is 0 Å². The van der Waals surface area contributed by atoms with Crippen LogP contribution in [0.25, 0.3) is 22.3 Å². The van der Waals surface area contributed by atoms with Gasteiger partial charge in [0.2, 0.25) is 11.2 Å². The largest absolute Gasteiger partial charge is 0.481 e. The van der Waals surface area contributed by atoms with Gasteiger partial charge in [-0.15, -0.1) is 0 Å². The van der Waals surface area contributed by atoms with Crippen LogP contribution in [-0.2, 0) is 12.0 Å². The Morgan fingerprint density at radius 3 is 2.26 bits per heavy atom. The highest BCUT2D eigenvalue weighted by Gasteiger charge is 2.20. The summed E-state index contributed by atoms with van der Waals surface area (Å²) in [5, 5.41) is 0.882. The molecule has 3 aromatic carbocycles. The van der Waals surface area contributed by atoms with Crippen LogP contribution < -0.4 is 10.2 Å². The lowest BCUT2D eigenvalue weighted by Gasteiger charge is -2.19. The van der Waals surface area contributed by atoms with Crippen LogP contribution in [-0.4, -0.2) is 0 Å². The molecule has 0 saturated heterocycles. The molecule has 1 heterocycles. The molecule has 0 aliphatic heterocycles. The lowest BCUT2D eigenvalue weighted by molar-refractivity contribution is 0.298. The molecule has 0 aliphatic carbocycles. The van der Waals surface area contributed by atoms with E-state index in [2.05, 4.69) is 32.9 Å². The van der Waals surface area contributed by atoms with Crippen LogP contribution in [0.1, 0.15) is 37.5 Å². The molecule has 4 heteroatoms.